The van der Waals surface area contributed by atoms with Crippen LogP contribution in [0.25, 0.3) is 0 Å². The second-order valence-corrected chi connectivity index (χ2v) is 6.48. The van der Waals surface area contributed by atoms with E-state index in [1.807, 2.05) is 24.5 Å². The Balaban J connectivity index is 2.10. The van der Waals surface area contributed by atoms with E-state index in [4.69, 9.17) is 10.2 Å². The van der Waals surface area contributed by atoms with Gasteiger partial charge < -0.3 is 15.5 Å². The van der Waals surface area contributed by atoms with Crippen LogP contribution in [0.5, 0.6) is 0 Å². The van der Waals surface area contributed by atoms with Crippen molar-refractivity contribution in [1.29, 1.82) is 0 Å². The maximum absolute atomic E-state index is 11.8. The monoisotopic (exact) mass is 351 g/mol. The average Bonchev–Trinajstić information content (AvgIpc) is 3.13. The molecule has 0 saturated carbocycles. The van der Waals surface area contributed by atoms with Crippen molar-refractivity contribution >= 4 is 23.6 Å². The zero-order valence-electron chi connectivity index (χ0n) is 13.7. The summed E-state index contributed by atoms with van der Waals surface area (Å²) in [6.07, 6.45) is 2.17. The molecule has 2 amide bonds. The minimum Gasteiger partial charge on any atom is -0.467 e. The highest BCUT2D eigenvalue weighted by Gasteiger charge is 2.16. The zero-order valence-corrected chi connectivity index (χ0v) is 14.5. The van der Waals surface area contributed by atoms with Gasteiger partial charge in [-0.15, -0.1) is 10.2 Å². The van der Waals surface area contributed by atoms with E-state index in [-0.39, 0.29) is 24.1 Å². The maximum atomic E-state index is 11.8. The second kappa shape index (κ2) is 8.53. The standard InChI is InChI=1S/C15H21N5O3S/c1-10(2)17-14(22)9-24-15-19-18-13(6-5-12(16)21)20(15)8-11-4-3-7-23-11/h3-4,7,10H,5-6,8-9H2,1-2H3,(H2,16,21)(H,17,22). The molecule has 2 heterocycles. The van der Waals surface area contributed by atoms with Gasteiger partial charge in [-0.2, -0.15) is 0 Å². The molecule has 2 rings (SSSR count). The fourth-order valence-electron chi connectivity index (χ4n) is 2.06. The summed E-state index contributed by atoms with van der Waals surface area (Å²) < 4.78 is 7.21. The first kappa shape index (κ1) is 18.1. The molecule has 3 N–H and O–H groups in total. The third kappa shape index (κ3) is 5.41. The van der Waals surface area contributed by atoms with Crippen LogP contribution in [0.2, 0.25) is 0 Å². The molecular formula is C15H21N5O3S. The minimum atomic E-state index is -0.395. The lowest BCUT2D eigenvalue weighted by atomic mass is 10.3. The second-order valence-electron chi connectivity index (χ2n) is 5.54. The van der Waals surface area contributed by atoms with Crippen molar-refractivity contribution < 1.29 is 14.0 Å². The normalized spacial score (nSPS) is 11.0. The Morgan fingerprint density at radius 1 is 1.42 bits per heavy atom. The molecule has 130 valence electrons. The van der Waals surface area contributed by atoms with Crippen molar-refractivity contribution in [1.82, 2.24) is 20.1 Å². The quantitative estimate of drug-likeness (QED) is 0.650. The molecule has 8 nitrogen and oxygen atoms in total. The summed E-state index contributed by atoms with van der Waals surface area (Å²) in [6.45, 7) is 4.25. The number of furan rings is 1. The van der Waals surface area contributed by atoms with E-state index >= 15 is 0 Å². The number of primary amides is 1. The Bertz CT molecular complexity index is 681. The van der Waals surface area contributed by atoms with Crippen molar-refractivity contribution in [2.24, 2.45) is 5.73 Å². The number of carbonyl (C=O) groups is 2. The molecular weight excluding hydrogens is 330 g/mol. The number of hydrogen-bond acceptors (Lipinski definition) is 6. The first-order chi connectivity index (χ1) is 11.5. The molecule has 0 aliphatic carbocycles. The Morgan fingerprint density at radius 3 is 2.83 bits per heavy atom. The summed E-state index contributed by atoms with van der Waals surface area (Å²) in [5.41, 5.74) is 5.20. The topological polar surface area (TPSA) is 116 Å². The number of aromatic nitrogens is 3. The molecule has 0 atom stereocenters. The number of nitrogens with one attached hydrogen (secondary N) is 1. The van der Waals surface area contributed by atoms with Crippen molar-refractivity contribution in [2.45, 2.75) is 44.4 Å². The zero-order chi connectivity index (χ0) is 17.5. The molecule has 0 bridgehead atoms. The van der Waals surface area contributed by atoms with Crippen LogP contribution >= 0.6 is 11.8 Å². The van der Waals surface area contributed by atoms with E-state index in [0.29, 0.717) is 23.9 Å². The van der Waals surface area contributed by atoms with Gasteiger partial charge in [-0.3, -0.25) is 14.2 Å². The highest BCUT2D eigenvalue weighted by Crippen LogP contribution is 2.19. The molecule has 9 heteroatoms. The summed E-state index contributed by atoms with van der Waals surface area (Å²) in [5.74, 6) is 1.15. The summed E-state index contributed by atoms with van der Waals surface area (Å²) in [6, 6.07) is 3.73. The predicted molar refractivity (Wildman–Crippen MR) is 89.4 cm³/mol. The minimum absolute atomic E-state index is 0.0683. The molecule has 0 unspecified atom stereocenters. The van der Waals surface area contributed by atoms with E-state index in [1.165, 1.54) is 11.8 Å². The van der Waals surface area contributed by atoms with Gasteiger partial charge in [0, 0.05) is 18.9 Å². The lowest BCUT2D eigenvalue weighted by Gasteiger charge is -2.10. The lowest BCUT2D eigenvalue weighted by molar-refractivity contribution is -0.119. The Kier molecular flexibility index (Phi) is 6.42. The summed E-state index contributed by atoms with van der Waals surface area (Å²) in [5, 5.41) is 11.7. The molecule has 24 heavy (non-hydrogen) atoms. The van der Waals surface area contributed by atoms with Gasteiger partial charge in [-0.1, -0.05) is 11.8 Å². The number of thioether (sulfide) groups is 1. The van der Waals surface area contributed by atoms with Crippen LogP contribution in [-0.4, -0.2) is 38.4 Å². The largest absolute Gasteiger partial charge is 0.467 e. The SMILES string of the molecule is CC(C)NC(=O)CSc1nnc(CCC(N)=O)n1Cc1ccco1. The molecule has 0 aliphatic rings. The van der Waals surface area contributed by atoms with Crippen LogP contribution in [-0.2, 0) is 22.6 Å². The molecule has 0 aliphatic heterocycles. The van der Waals surface area contributed by atoms with Gasteiger partial charge in [0.2, 0.25) is 11.8 Å². The van der Waals surface area contributed by atoms with E-state index in [1.54, 1.807) is 12.3 Å². The molecule has 2 aromatic heterocycles. The number of carbonyl (C=O) groups excluding carboxylic acids is 2. The molecule has 0 spiro atoms. The first-order valence-electron chi connectivity index (χ1n) is 7.60. The maximum Gasteiger partial charge on any atom is 0.230 e. The van der Waals surface area contributed by atoms with Crippen LogP contribution in [0, 0.1) is 0 Å². The fourth-order valence-corrected chi connectivity index (χ4v) is 2.82. The predicted octanol–water partition coefficient (Wildman–Crippen LogP) is 0.954. The van der Waals surface area contributed by atoms with Crippen LogP contribution in [0.4, 0.5) is 0 Å². The fraction of sp³-hybridized carbons (Fsp3) is 0.467. The number of nitrogens with two attached hydrogens (primary N) is 1. The Hall–Kier alpha value is -2.29. The van der Waals surface area contributed by atoms with Crippen LogP contribution in [0.15, 0.2) is 28.0 Å². The number of aryl methyl sites for hydroxylation is 1. The average molecular weight is 351 g/mol. The highest BCUT2D eigenvalue weighted by molar-refractivity contribution is 7.99. The summed E-state index contributed by atoms with van der Waals surface area (Å²) >= 11 is 1.29. The van der Waals surface area contributed by atoms with E-state index in [0.717, 1.165) is 5.76 Å². The summed E-state index contributed by atoms with van der Waals surface area (Å²) in [4.78, 5) is 22.8. The first-order valence-corrected chi connectivity index (χ1v) is 8.59. The van der Waals surface area contributed by atoms with Crippen molar-refractivity contribution in [3.8, 4) is 0 Å². The van der Waals surface area contributed by atoms with Gasteiger partial charge in [0.25, 0.3) is 0 Å². The smallest absolute Gasteiger partial charge is 0.230 e. The Labute approximate surface area is 144 Å². The third-order valence-electron chi connectivity index (χ3n) is 3.06. The molecule has 0 aromatic carbocycles. The van der Waals surface area contributed by atoms with Crippen LogP contribution in [0.3, 0.4) is 0 Å². The number of nitrogens with zero attached hydrogens (tertiary/aromatic N) is 3. The highest BCUT2D eigenvalue weighted by atomic mass is 32.2. The lowest BCUT2D eigenvalue weighted by Crippen LogP contribution is -2.31. The van der Waals surface area contributed by atoms with Crippen LogP contribution < -0.4 is 11.1 Å². The number of hydrogen-bond donors (Lipinski definition) is 2. The van der Waals surface area contributed by atoms with Crippen LogP contribution in [0.1, 0.15) is 31.9 Å². The van der Waals surface area contributed by atoms with Gasteiger partial charge in [0.1, 0.15) is 11.6 Å². The van der Waals surface area contributed by atoms with Gasteiger partial charge in [-0.25, -0.2) is 0 Å². The summed E-state index contributed by atoms with van der Waals surface area (Å²) in [7, 11) is 0. The third-order valence-corrected chi connectivity index (χ3v) is 4.03. The van der Waals surface area contributed by atoms with E-state index < -0.39 is 5.91 Å². The number of rotatable bonds is 9. The number of amides is 2. The van der Waals surface area contributed by atoms with Crippen molar-refractivity contribution in [3.63, 3.8) is 0 Å². The van der Waals surface area contributed by atoms with Gasteiger partial charge in [0.15, 0.2) is 5.16 Å². The van der Waals surface area contributed by atoms with Gasteiger partial charge >= 0.3 is 0 Å². The van der Waals surface area contributed by atoms with E-state index in [9.17, 15) is 9.59 Å². The van der Waals surface area contributed by atoms with Gasteiger partial charge in [-0.05, 0) is 26.0 Å². The molecule has 0 fully saturated rings. The van der Waals surface area contributed by atoms with Crippen molar-refractivity contribution in [2.75, 3.05) is 5.75 Å². The molecule has 0 radical (unpaired) electrons. The Morgan fingerprint density at radius 2 is 2.21 bits per heavy atom. The molecule has 0 saturated heterocycles. The van der Waals surface area contributed by atoms with E-state index in [2.05, 4.69) is 15.5 Å². The molecule has 2 aromatic rings. The van der Waals surface area contributed by atoms with Gasteiger partial charge in [0.05, 0.1) is 18.6 Å². The van der Waals surface area contributed by atoms with Crippen molar-refractivity contribution in [3.05, 3.63) is 30.0 Å².